The summed E-state index contributed by atoms with van der Waals surface area (Å²) >= 11 is 5.07. The lowest BCUT2D eigenvalue weighted by Gasteiger charge is -2.11. The quantitative estimate of drug-likeness (QED) is 0.852. The molecule has 0 fully saturated rings. The van der Waals surface area contributed by atoms with Gasteiger partial charge in [0.25, 0.3) is 0 Å². The first-order valence-corrected chi connectivity index (χ1v) is 7.41. The summed E-state index contributed by atoms with van der Waals surface area (Å²) in [7, 11) is 1.29. The van der Waals surface area contributed by atoms with E-state index in [9.17, 15) is 0 Å². The Morgan fingerprint density at radius 2 is 2.06 bits per heavy atom. The summed E-state index contributed by atoms with van der Waals surface area (Å²) < 4.78 is 0. The van der Waals surface area contributed by atoms with E-state index in [0.717, 1.165) is 28.3 Å². The Hall–Kier alpha value is -1.04. The standard InChI is InChI=1S/C13H13N2OS2/c16-9-3-4-10-12(18-17)6-8-15-13(10)11-5-1-2-7-14-11/h1-2,5-8,16H,3-4,9H2. The fraction of sp³-hybridized carbons (Fsp3) is 0.231. The summed E-state index contributed by atoms with van der Waals surface area (Å²) in [6, 6.07) is 7.66. The van der Waals surface area contributed by atoms with Crippen molar-refractivity contribution in [3.8, 4) is 11.4 Å². The molecule has 2 rings (SSSR count). The Bertz CT molecular complexity index is 506. The Kier molecular flexibility index (Phi) is 5.04. The molecular formula is C13H13N2OS2. The predicted molar refractivity (Wildman–Crippen MR) is 76.3 cm³/mol. The molecule has 0 saturated carbocycles. The van der Waals surface area contributed by atoms with Gasteiger partial charge in [-0.3, -0.25) is 9.97 Å². The number of pyridine rings is 2. The molecular weight excluding hydrogens is 264 g/mol. The molecule has 2 aromatic heterocycles. The van der Waals surface area contributed by atoms with Crippen molar-refractivity contribution in [1.82, 2.24) is 9.97 Å². The predicted octanol–water partition coefficient (Wildman–Crippen LogP) is 3.27. The summed E-state index contributed by atoms with van der Waals surface area (Å²) in [5.74, 6) is 0. The molecule has 0 aliphatic heterocycles. The third kappa shape index (κ3) is 3.04. The second-order valence-corrected chi connectivity index (χ2v) is 4.87. The molecule has 18 heavy (non-hydrogen) atoms. The Morgan fingerprint density at radius 1 is 1.17 bits per heavy atom. The Morgan fingerprint density at radius 3 is 2.72 bits per heavy atom. The average molecular weight is 277 g/mol. The molecule has 0 bridgehead atoms. The lowest BCUT2D eigenvalue weighted by molar-refractivity contribution is 0.288. The van der Waals surface area contributed by atoms with E-state index in [1.165, 1.54) is 10.8 Å². The molecule has 0 unspecified atom stereocenters. The molecule has 1 radical (unpaired) electrons. The molecule has 0 aromatic carbocycles. The number of rotatable bonds is 5. The van der Waals surface area contributed by atoms with Gasteiger partial charge in [-0.1, -0.05) is 6.07 Å². The highest BCUT2D eigenvalue weighted by atomic mass is 33.1. The number of aromatic nitrogens is 2. The highest BCUT2D eigenvalue weighted by Gasteiger charge is 2.12. The van der Waals surface area contributed by atoms with E-state index in [0.29, 0.717) is 6.42 Å². The summed E-state index contributed by atoms with van der Waals surface area (Å²) in [6.07, 6.45) is 4.96. The first-order valence-electron chi connectivity index (χ1n) is 5.66. The van der Waals surface area contributed by atoms with Crippen molar-refractivity contribution in [3.05, 3.63) is 42.2 Å². The zero-order chi connectivity index (χ0) is 12.8. The Balaban J connectivity index is 2.45. The average Bonchev–Trinajstić information content (AvgIpc) is 2.45. The molecule has 1 N–H and O–H groups in total. The van der Waals surface area contributed by atoms with E-state index in [1.54, 1.807) is 12.4 Å². The monoisotopic (exact) mass is 277 g/mol. The molecule has 2 aromatic rings. The van der Waals surface area contributed by atoms with Crippen LogP contribution in [0.4, 0.5) is 0 Å². The van der Waals surface area contributed by atoms with Crippen LogP contribution in [-0.4, -0.2) is 21.7 Å². The van der Waals surface area contributed by atoms with Crippen LogP contribution in [0.5, 0.6) is 0 Å². The molecule has 0 amide bonds. The maximum Gasteiger partial charge on any atom is 0.0929 e. The van der Waals surface area contributed by atoms with Gasteiger partial charge < -0.3 is 5.11 Å². The van der Waals surface area contributed by atoms with Gasteiger partial charge in [0.2, 0.25) is 0 Å². The highest BCUT2D eigenvalue weighted by Crippen LogP contribution is 2.31. The molecule has 3 nitrogen and oxygen atoms in total. The summed E-state index contributed by atoms with van der Waals surface area (Å²) in [5.41, 5.74) is 2.78. The first kappa shape index (κ1) is 13.4. The molecule has 0 aliphatic carbocycles. The van der Waals surface area contributed by atoms with Crippen LogP contribution in [0.1, 0.15) is 12.0 Å². The fourth-order valence-corrected chi connectivity index (χ4v) is 2.66. The number of nitrogens with zero attached hydrogens (tertiary/aromatic N) is 2. The number of hydrogen-bond acceptors (Lipinski definition) is 4. The van der Waals surface area contributed by atoms with Crippen LogP contribution in [0.3, 0.4) is 0 Å². The van der Waals surface area contributed by atoms with Gasteiger partial charge in [0.05, 0.1) is 11.4 Å². The lowest BCUT2D eigenvalue weighted by Crippen LogP contribution is -1.98. The zero-order valence-corrected chi connectivity index (χ0v) is 11.4. The summed E-state index contributed by atoms with van der Waals surface area (Å²) in [6.45, 7) is 0.165. The second-order valence-electron chi connectivity index (χ2n) is 3.76. The summed E-state index contributed by atoms with van der Waals surface area (Å²) in [5, 5.41) is 8.98. The van der Waals surface area contributed by atoms with Crippen LogP contribution in [0.2, 0.25) is 0 Å². The van der Waals surface area contributed by atoms with Crippen molar-refractivity contribution in [3.63, 3.8) is 0 Å². The molecule has 5 heteroatoms. The van der Waals surface area contributed by atoms with Crippen LogP contribution in [0, 0.1) is 0 Å². The third-order valence-corrected chi connectivity index (χ3v) is 3.70. The summed E-state index contributed by atoms with van der Waals surface area (Å²) in [4.78, 5) is 9.75. The largest absolute Gasteiger partial charge is 0.396 e. The van der Waals surface area contributed by atoms with Gasteiger partial charge >= 0.3 is 0 Å². The SMILES string of the molecule is OCCCc1c(S[S])ccnc1-c1ccccn1. The van der Waals surface area contributed by atoms with Crippen molar-refractivity contribution in [2.75, 3.05) is 6.61 Å². The van der Waals surface area contributed by atoms with E-state index in [4.69, 9.17) is 16.8 Å². The van der Waals surface area contributed by atoms with Crippen LogP contribution in [-0.2, 0) is 6.42 Å². The number of hydrogen-bond donors (Lipinski definition) is 1. The van der Waals surface area contributed by atoms with Crippen molar-refractivity contribution in [2.45, 2.75) is 17.7 Å². The fourth-order valence-electron chi connectivity index (χ4n) is 1.77. The lowest BCUT2D eigenvalue weighted by atomic mass is 10.1. The van der Waals surface area contributed by atoms with Gasteiger partial charge in [-0.05, 0) is 59.1 Å². The van der Waals surface area contributed by atoms with Gasteiger partial charge in [0.15, 0.2) is 0 Å². The van der Waals surface area contributed by atoms with Crippen molar-refractivity contribution in [1.29, 1.82) is 0 Å². The van der Waals surface area contributed by atoms with Crippen LogP contribution in [0.25, 0.3) is 11.4 Å². The Labute approximate surface area is 115 Å². The van der Waals surface area contributed by atoms with Gasteiger partial charge in [0.1, 0.15) is 0 Å². The second kappa shape index (κ2) is 6.78. The van der Waals surface area contributed by atoms with Gasteiger partial charge in [-0.15, -0.1) is 0 Å². The van der Waals surface area contributed by atoms with Crippen LogP contribution in [0.15, 0.2) is 41.6 Å². The molecule has 0 spiro atoms. The van der Waals surface area contributed by atoms with Crippen molar-refractivity contribution < 1.29 is 5.11 Å². The smallest absolute Gasteiger partial charge is 0.0929 e. The highest BCUT2D eigenvalue weighted by molar-refractivity contribution is 8.68. The number of aliphatic hydroxyl groups excluding tert-OH is 1. The van der Waals surface area contributed by atoms with E-state index in [1.807, 2.05) is 24.3 Å². The maximum atomic E-state index is 8.98. The van der Waals surface area contributed by atoms with Crippen LogP contribution >= 0.6 is 22.5 Å². The maximum absolute atomic E-state index is 8.98. The van der Waals surface area contributed by atoms with Crippen LogP contribution < -0.4 is 0 Å². The molecule has 0 atom stereocenters. The minimum atomic E-state index is 0.165. The van der Waals surface area contributed by atoms with Gasteiger partial charge in [0, 0.05) is 23.9 Å². The molecule has 93 valence electrons. The van der Waals surface area contributed by atoms with Gasteiger partial charge in [-0.25, -0.2) is 0 Å². The first-order chi connectivity index (χ1) is 8.86. The third-order valence-electron chi connectivity index (χ3n) is 2.60. The van der Waals surface area contributed by atoms with Gasteiger partial charge in [-0.2, -0.15) is 0 Å². The minimum absolute atomic E-state index is 0.165. The van der Waals surface area contributed by atoms with Crippen molar-refractivity contribution in [2.24, 2.45) is 0 Å². The van der Waals surface area contributed by atoms with Crippen molar-refractivity contribution >= 4 is 22.5 Å². The molecule has 2 heterocycles. The van der Waals surface area contributed by atoms with E-state index >= 15 is 0 Å². The molecule has 0 aliphatic rings. The molecule has 0 saturated heterocycles. The number of aliphatic hydroxyl groups is 1. The van der Waals surface area contributed by atoms with E-state index < -0.39 is 0 Å². The zero-order valence-electron chi connectivity index (χ0n) is 9.74. The normalized spacial score (nSPS) is 10.6. The minimum Gasteiger partial charge on any atom is -0.396 e. The van der Waals surface area contributed by atoms with E-state index in [2.05, 4.69) is 9.97 Å². The van der Waals surface area contributed by atoms with E-state index in [-0.39, 0.29) is 6.61 Å². The topological polar surface area (TPSA) is 46.0 Å².